The molecular formula is C12H9BrFNOS. The highest BCUT2D eigenvalue weighted by Gasteiger charge is 2.13. The van der Waals surface area contributed by atoms with Gasteiger partial charge >= 0.3 is 0 Å². The zero-order valence-electron chi connectivity index (χ0n) is 9.04. The fourth-order valence-electron chi connectivity index (χ4n) is 1.43. The summed E-state index contributed by atoms with van der Waals surface area (Å²) in [6, 6.07) is 4.59. The van der Waals surface area contributed by atoms with Gasteiger partial charge in [0.15, 0.2) is 5.78 Å². The lowest BCUT2D eigenvalue weighted by atomic mass is 10.1. The molecule has 0 atom stereocenters. The van der Waals surface area contributed by atoms with Crippen LogP contribution < -0.4 is 0 Å². The van der Waals surface area contributed by atoms with Gasteiger partial charge < -0.3 is 0 Å². The smallest absolute Gasteiger partial charge is 0.178 e. The number of benzene rings is 1. The Kier molecular flexibility index (Phi) is 3.69. The number of ketones is 1. The van der Waals surface area contributed by atoms with Gasteiger partial charge in [-0.25, -0.2) is 9.37 Å². The Hall–Kier alpha value is -1.07. The third-order valence-electron chi connectivity index (χ3n) is 2.25. The number of Topliss-reactive ketones (excluding diaryl/α,β-unsaturated/α-hetero) is 1. The third-order valence-corrected chi connectivity index (χ3v) is 3.70. The second kappa shape index (κ2) is 5.06. The van der Waals surface area contributed by atoms with Crippen LogP contribution in [0.25, 0.3) is 0 Å². The van der Waals surface area contributed by atoms with E-state index in [1.165, 1.54) is 23.6 Å². The minimum Gasteiger partial charge on any atom is -0.293 e. The number of aromatic nitrogens is 1. The molecule has 0 unspecified atom stereocenters. The van der Waals surface area contributed by atoms with Gasteiger partial charge in [-0.05, 0) is 30.7 Å². The lowest BCUT2D eigenvalue weighted by Gasteiger charge is -2.01. The summed E-state index contributed by atoms with van der Waals surface area (Å²) in [7, 11) is 0. The lowest BCUT2D eigenvalue weighted by Crippen LogP contribution is -2.03. The summed E-state index contributed by atoms with van der Waals surface area (Å²) < 4.78 is 14.2. The molecule has 0 amide bonds. The van der Waals surface area contributed by atoms with Gasteiger partial charge in [0.1, 0.15) is 5.82 Å². The normalized spacial score (nSPS) is 10.5. The highest BCUT2D eigenvalue weighted by atomic mass is 79.9. The highest BCUT2D eigenvalue weighted by Crippen LogP contribution is 2.19. The molecule has 2 rings (SSSR count). The van der Waals surface area contributed by atoms with Crippen molar-refractivity contribution in [3.8, 4) is 0 Å². The molecule has 0 aliphatic carbocycles. The topological polar surface area (TPSA) is 30.0 Å². The Morgan fingerprint density at radius 1 is 1.53 bits per heavy atom. The molecule has 0 aliphatic rings. The Bertz CT molecular complexity index is 567. The second-order valence-corrected chi connectivity index (χ2v) is 5.73. The molecule has 0 saturated carbocycles. The van der Waals surface area contributed by atoms with Crippen LogP contribution in [-0.4, -0.2) is 10.8 Å². The van der Waals surface area contributed by atoms with Gasteiger partial charge in [0.05, 0.1) is 9.88 Å². The third kappa shape index (κ3) is 2.98. The quantitative estimate of drug-likeness (QED) is 0.807. The first-order chi connectivity index (χ1) is 8.06. The predicted molar refractivity (Wildman–Crippen MR) is 69.0 cm³/mol. The molecule has 1 aromatic heterocycles. The number of aryl methyl sites for hydroxylation is 1. The number of halogens is 2. The first kappa shape index (κ1) is 12.4. The predicted octanol–water partition coefficient (Wildman–Crippen LogP) is 3.78. The fraction of sp³-hybridized carbons (Fsp3) is 0.167. The Balaban J connectivity index is 2.21. The zero-order valence-corrected chi connectivity index (χ0v) is 11.4. The summed E-state index contributed by atoms with van der Waals surface area (Å²) in [5, 5.41) is 0.836. The molecule has 0 saturated heterocycles. The highest BCUT2D eigenvalue weighted by molar-refractivity contribution is 9.10. The molecule has 0 spiro atoms. The average Bonchev–Trinajstić information content (AvgIpc) is 2.70. The van der Waals surface area contributed by atoms with Crippen LogP contribution in [0.3, 0.4) is 0 Å². The van der Waals surface area contributed by atoms with Crippen LogP contribution in [0.15, 0.2) is 28.9 Å². The summed E-state index contributed by atoms with van der Waals surface area (Å²) in [5.41, 5.74) is 0.399. The maximum Gasteiger partial charge on any atom is 0.178 e. The van der Waals surface area contributed by atoms with Gasteiger partial charge in [-0.15, -0.1) is 11.3 Å². The average molecular weight is 314 g/mol. The van der Waals surface area contributed by atoms with Crippen molar-refractivity contribution in [1.82, 2.24) is 4.98 Å². The maximum atomic E-state index is 13.5. The molecule has 0 N–H and O–H groups in total. The number of nitrogens with zero attached hydrogens (tertiary/aromatic N) is 1. The largest absolute Gasteiger partial charge is 0.293 e. The van der Waals surface area contributed by atoms with Gasteiger partial charge in [-0.3, -0.25) is 4.79 Å². The molecule has 0 bridgehead atoms. The van der Waals surface area contributed by atoms with E-state index < -0.39 is 0 Å². The number of thiazole rings is 1. The van der Waals surface area contributed by atoms with Crippen molar-refractivity contribution in [2.45, 2.75) is 13.3 Å². The molecule has 88 valence electrons. The van der Waals surface area contributed by atoms with Gasteiger partial charge in [0.25, 0.3) is 0 Å². The van der Waals surface area contributed by atoms with Crippen LogP contribution in [0, 0.1) is 12.7 Å². The van der Waals surface area contributed by atoms with Crippen LogP contribution in [-0.2, 0) is 6.42 Å². The van der Waals surface area contributed by atoms with Gasteiger partial charge in [-0.1, -0.05) is 15.9 Å². The number of hydrogen-bond acceptors (Lipinski definition) is 3. The maximum absolute atomic E-state index is 13.5. The van der Waals surface area contributed by atoms with E-state index in [1.54, 1.807) is 12.1 Å². The van der Waals surface area contributed by atoms with Crippen LogP contribution in [0.1, 0.15) is 20.2 Å². The van der Waals surface area contributed by atoms with E-state index in [1.807, 2.05) is 6.92 Å². The molecule has 0 radical (unpaired) electrons. The SMILES string of the molecule is Cc1ncc(C(=O)Cc2cc(Br)ccc2F)s1. The second-order valence-electron chi connectivity index (χ2n) is 3.58. The van der Waals surface area contributed by atoms with E-state index in [-0.39, 0.29) is 18.0 Å². The van der Waals surface area contributed by atoms with Crippen molar-refractivity contribution in [3.63, 3.8) is 0 Å². The van der Waals surface area contributed by atoms with E-state index in [0.29, 0.717) is 10.4 Å². The first-order valence-electron chi connectivity index (χ1n) is 4.96. The van der Waals surface area contributed by atoms with E-state index in [9.17, 15) is 9.18 Å². The monoisotopic (exact) mass is 313 g/mol. The summed E-state index contributed by atoms with van der Waals surface area (Å²) in [5.74, 6) is -0.463. The van der Waals surface area contributed by atoms with Crippen LogP contribution in [0.2, 0.25) is 0 Å². The Morgan fingerprint density at radius 3 is 2.94 bits per heavy atom. The molecule has 5 heteroatoms. The van der Waals surface area contributed by atoms with Crippen LogP contribution in [0.4, 0.5) is 4.39 Å². The fourth-order valence-corrected chi connectivity index (χ4v) is 2.55. The number of carbonyl (C=O) groups is 1. The van der Waals surface area contributed by atoms with Crippen molar-refractivity contribution < 1.29 is 9.18 Å². The van der Waals surface area contributed by atoms with E-state index in [2.05, 4.69) is 20.9 Å². The van der Waals surface area contributed by atoms with Crippen molar-refractivity contribution in [3.05, 3.63) is 50.1 Å². The van der Waals surface area contributed by atoms with Crippen molar-refractivity contribution in [2.24, 2.45) is 0 Å². The molecule has 1 heterocycles. The number of hydrogen-bond donors (Lipinski definition) is 0. The van der Waals surface area contributed by atoms with Crippen molar-refractivity contribution in [1.29, 1.82) is 0 Å². The summed E-state index contributed by atoms with van der Waals surface area (Å²) in [4.78, 5) is 16.5. The number of carbonyl (C=O) groups excluding carboxylic acids is 1. The molecule has 2 aromatic rings. The molecule has 17 heavy (non-hydrogen) atoms. The Morgan fingerprint density at radius 2 is 2.29 bits per heavy atom. The molecule has 2 nitrogen and oxygen atoms in total. The van der Waals surface area contributed by atoms with Crippen molar-refractivity contribution in [2.75, 3.05) is 0 Å². The standard InChI is InChI=1S/C12H9BrFNOS/c1-7-15-6-12(17-7)11(16)5-8-4-9(13)2-3-10(8)14/h2-4,6H,5H2,1H3. The van der Waals surface area contributed by atoms with Crippen LogP contribution in [0.5, 0.6) is 0 Å². The molecule has 0 fully saturated rings. The van der Waals surface area contributed by atoms with E-state index >= 15 is 0 Å². The zero-order chi connectivity index (χ0) is 12.4. The minimum absolute atomic E-state index is 0.0624. The molecule has 1 aromatic carbocycles. The van der Waals surface area contributed by atoms with Crippen molar-refractivity contribution >= 4 is 33.0 Å². The molecule has 0 aliphatic heterocycles. The minimum atomic E-state index is -0.359. The van der Waals surface area contributed by atoms with E-state index in [0.717, 1.165) is 9.48 Å². The summed E-state index contributed by atoms with van der Waals surface area (Å²) in [6.07, 6.45) is 1.60. The van der Waals surface area contributed by atoms with Gasteiger partial charge in [0.2, 0.25) is 0 Å². The van der Waals surface area contributed by atoms with Crippen LogP contribution >= 0.6 is 27.3 Å². The first-order valence-corrected chi connectivity index (χ1v) is 6.57. The molecular weight excluding hydrogens is 305 g/mol. The van der Waals surface area contributed by atoms with E-state index in [4.69, 9.17) is 0 Å². The summed E-state index contributed by atoms with van der Waals surface area (Å²) in [6.45, 7) is 1.83. The van der Waals surface area contributed by atoms with Gasteiger partial charge in [0, 0.05) is 17.1 Å². The Labute approximate surface area is 111 Å². The summed E-state index contributed by atoms with van der Waals surface area (Å²) >= 11 is 4.59. The number of rotatable bonds is 3. The lowest BCUT2D eigenvalue weighted by molar-refractivity contribution is 0.0995. The van der Waals surface area contributed by atoms with Gasteiger partial charge in [-0.2, -0.15) is 0 Å².